The van der Waals surface area contributed by atoms with Crippen molar-refractivity contribution in [1.29, 1.82) is 0 Å². The van der Waals surface area contributed by atoms with E-state index >= 15 is 0 Å². The lowest BCUT2D eigenvalue weighted by atomic mass is 10.2. The van der Waals surface area contributed by atoms with Crippen molar-refractivity contribution in [2.24, 2.45) is 31.9 Å². The van der Waals surface area contributed by atoms with Gasteiger partial charge in [0.2, 0.25) is 0 Å². The number of nitrogens with two attached hydrogens (primary N) is 2. The molecule has 0 unspecified atom stereocenters. The van der Waals surface area contributed by atoms with Gasteiger partial charge in [0.1, 0.15) is 0 Å². The van der Waals surface area contributed by atoms with E-state index in [0.29, 0.717) is 18.1 Å². The summed E-state index contributed by atoms with van der Waals surface area (Å²) in [5, 5.41) is 16.4. The molecule has 0 heterocycles. The van der Waals surface area contributed by atoms with Crippen LogP contribution in [0, 0.1) is 0 Å². The molecule has 0 aliphatic carbocycles. The van der Waals surface area contributed by atoms with Crippen LogP contribution in [0.1, 0.15) is 31.4 Å². The van der Waals surface area contributed by atoms with Crippen molar-refractivity contribution >= 4 is 23.1 Å². The summed E-state index contributed by atoms with van der Waals surface area (Å²) in [7, 11) is 0. The second-order valence-corrected chi connectivity index (χ2v) is 5.55. The zero-order chi connectivity index (χ0) is 18.1. The van der Waals surface area contributed by atoms with Crippen molar-refractivity contribution < 1.29 is 0 Å². The Morgan fingerprint density at radius 3 is 1.36 bits per heavy atom. The molecule has 0 fully saturated rings. The van der Waals surface area contributed by atoms with Crippen LogP contribution in [0.3, 0.4) is 0 Å². The molecule has 2 aromatic carbocycles. The van der Waals surface area contributed by atoms with E-state index in [1.807, 2.05) is 74.5 Å². The Kier molecular flexibility index (Phi) is 6.59. The first kappa shape index (κ1) is 18.1. The van der Waals surface area contributed by atoms with Crippen LogP contribution in [0.5, 0.6) is 0 Å². The molecule has 0 spiro atoms. The van der Waals surface area contributed by atoms with E-state index in [1.54, 1.807) is 0 Å². The first-order valence-corrected chi connectivity index (χ1v) is 7.90. The minimum absolute atomic E-state index is 0.376. The summed E-state index contributed by atoms with van der Waals surface area (Å²) < 4.78 is 0. The molecule has 2 aromatic rings. The zero-order valence-electron chi connectivity index (χ0n) is 14.4. The highest BCUT2D eigenvalue weighted by molar-refractivity contribution is 6.04. The number of hydrogen-bond acceptors (Lipinski definition) is 4. The van der Waals surface area contributed by atoms with Crippen molar-refractivity contribution in [2.45, 2.75) is 20.3 Å². The van der Waals surface area contributed by atoms with Crippen LogP contribution in [-0.2, 0) is 0 Å². The van der Waals surface area contributed by atoms with Crippen LogP contribution in [0.15, 0.2) is 81.1 Å². The Balaban J connectivity index is 2.00. The second kappa shape index (κ2) is 9.12. The molecular weight excluding hydrogens is 312 g/mol. The van der Waals surface area contributed by atoms with E-state index in [-0.39, 0.29) is 0 Å². The lowest BCUT2D eigenvalue weighted by molar-refractivity contribution is 1.16. The minimum Gasteiger partial charge on any atom is -0.382 e. The molecule has 0 atom stereocenters. The minimum atomic E-state index is 0.376. The number of rotatable bonds is 6. The van der Waals surface area contributed by atoms with Crippen LogP contribution in [0.25, 0.3) is 0 Å². The highest BCUT2D eigenvalue weighted by Crippen LogP contribution is 2.01. The molecule has 0 bridgehead atoms. The van der Waals surface area contributed by atoms with Crippen LogP contribution in [0.2, 0.25) is 0 Å². The molecule has 6 heteroatoms. The van der Waals surface area contributed by atoms with Crippen LogP contribution in [0.4, 0.5) is 0 Å². The largest absolute Gasteiger partial charge is 0.382 e. The number of nitrogens with zero attached hydrogens (tertiary/aromatic N) is 4. The van der Waals surface area contributed by atoms with Crippen molar-refractivity contribution in [3.63, 3.8) is 0 Å². The number of benzene rings is 2. The van der Waals surface area contributed by atoms with Gasteiger partial charge in [0.25, 0.3) is 0 Å². The standard InChI is InChI=1S/C19H22N6/c1-14(22-24-18(20)16-9-5-3-6-10-16)13-15(2)23-25-19(21)17-11-7-4-8-12-17/h3-12H,13H2,1-2H3,(H2,20,24)(H2,21,25)/b22-14+,23-15+. The van der Waals surface area contributed by atoms with Gasteiger partial charge in [-0.05, 0) is 13.8 Å². The van der Waals surface area contributed by atoms with Gasteiger partial charge in [-0.25, -0.2) is 0 Å². The molecule has 0 aromatic heterocycles. The van der Waals surface area contributed by atoms with Gasteiger partial charge in [0.05, 0.1) is 0 Å². The van der Waals surface area contributed by atoms with Gasteiger partial charge in [-0.2, -0.15) is 10.2 Å². The average Bonchev–Trinajstić information content (AvgIpc) is 2.65. The molecule has 25 heavy (non-hydrogen) atoms. The molecule has 0 saturated heterocycles. The predicted octanol–water partition coefficient (Wildman–Crippen LogP) is 2.94. The van der Waals surface area contributed by atoms with E-state index in [4.69, 9.17) is 11.5 Å². The molecule has 0 aliphatic rings. The molecule has 128 valence electrons. The van der Waals surface area contributed by atoms with Gasteiger partial charge in [-0.15, -0.1) is 10.2 Å². The van der Waals surface area contributed by atoms with Crippen molar-refractivity contribution in [1.82, 2.24) is 0 Å². The summed E-state index contributed by atoms with van der Waals surface area (Å²) >= 11 is 0. The Bertz CT molecular complexity index is 735. The SMILES string of the molecule is C/C(C/C(C)=N/N=C(\N)c1ccccc1)=N\N=C(/N)c1ccccc1. The monoisotopic (exact) mass is 334 g/mol. The normalized spacial score (nSPS) is 13.8. The summed E-state index contributed by atoms with van der Waals surface area (Å²) in [6, 6.07) is 19.0. The van der Waals surface area contributed by atoms with Crippen molar-refractivity contribution in [3.8, 4) is 0 Å². The maximum absolute atomic E-state index is 5.91. The number of amidine groups is 2. The molecular formula is C19H22N6. The van der Waals surface area contributed by atoms with Crippen LogP contribution in [-0.4, -0.2) is 23.1 Å². The van der Waals surface area contributed by atoms with Crippen LogP contribution < -0.4 is 11.5 Å². The maximum atomic E-state index is 5.91. The molecule has 0 aliphatic heterocycles. The van der Waals surface area contributed by atoms with Gasteiger partial charge >= 0.3 is 0 Å². The summed E-state index contributed by atoms with van der Waals surface area (Å²) in [4.78, 5) is 0. The lowest BCUT2D eigenvalue weighted by Crippen LogP contribution is -2.13. The first-order chi connectivity index (χ1) is 12.1. The third-order valence-corrected chi connectivity index (χ3v) is 3.31. The predicted molar refractivity (Wildman–Crippen MR) is 105 cm³/mol. The van der Waals surface area contributed by atoms with Gasteiger partial charge in [-0.3, -0.25) is 0 Å². The second-order valence-electron chi connectivity index (χ2n) is 5.55. The quantitative estimate of drug-likeness (QED) is 0.482. The highest BCUT2D eigenvalue weighted by atomic mass is 15.2. The Morgan fingerprint density at radius 1 is 0.640 bits per heavy atom. The smallest absolute Gasteiger partial charge is 0.153 e. The Labute approximate surface area is 147 Å². The van der Waals surface area contributed by atoms with Crippen LogP contribution >= 0.6 is 0 Å². The first-order valence-electron chi connectivity index (χ1n) is 7.90. The molecule has 4 N–H and O–H groups in total. The topological polar surface area (TPSA) is 101 Å². The van der Waals surface area contributed by atoms with E-state index < -0.39 is 0 Å². The molecule has 2 rings (SSSR count). The van der Waals surface area contributed by atoms with E-state index in [0.717, 1.165) is 22.6 Å². The van der Waals surface area contributed by atoms with Gasteiger partial charge in [0, 0.05) is 29.0 Å². The van der Waals surface area contributed by atoms with E-state index in [1.165, 1.54) is 0 Å². The third kappa shape index (κ3) is 6.02. The maximum Gasteiger partial charge on any atom is 0.153 e. The van der Waals surface area contributed by atoms with E-state index in [9.17, 15) is 0 Å². The summed E-state index contributed by atoms with van der Waals surface area (Å²) in [5.41, 5.74) is 15.1. The lowest BCUT2D eigenvalue weighted by Gasteiger charge is -2.00. The molecule has 0 radical (unpaired) electrons. The summed E-state index contributed by atoms with van der Waals surface area (Å²) in [6.07, 6.45) is 0.539. The summed E-state index contributed by atoms with van der Waals surface area (Å²) in [5.74, 6) is 0.752. The van der Waals surface area contributed by atoms with Gasteiger partial charge in [-0.1, -0.05) is 60.7 Å². The molecule has 6 nitrogen and oxygen atoms in total. The Morgan fingerprint density at radius 2 is 1.00 bits per heavy atom. The highest BCUT2D eigenvalue weighted by Gasteiger charge is 1.99. The van der Waals surface area contributed by atoms with E-state index in [2.05, 4.69) is 20.4 Å². The van der Waals surface area contributed by atoms with Gasteiger partial charge in [0.15, 0.2) is 11.7 Å². The number of hydrogen-bond donors (Lipinski definition) is 2. The van der Waals surface area contributed by atoms with Crippen molar-refractivity contribution in [2.75, 3.05) is 0 Å². The molecule has 0 saturated carbocycles. The zero-order valence-corrected chi connectivity index (χ0v) is 14.4. The summed E-state index contributed by atoms with van der Waals surface area (Å²) in [6.45, 7) is 3.73. The third-order valence-electron chi connectivity index (χ3n) is 3.31. The fourth-order valence-corrected chi connectivity index (χ4v) is 2.05. The molecule has 0 amide bonds. The Hall–Kier alpha value is -3.28. The fraction of sp³-hybridized carbons (Fsp3) is 0.158. The fourth-order valence-electron chi connectivity index (χ4n) is 2.05. The van der Waals surface area contributed by atoms with Gasteiger partial charge < -0.3 is 11.5 Å². The average molecular weight is 334 g/mol. The van der Waals surface area contributed by atoms with Crippen molar-refractivity contribution in [3.05, 3.63) is 71.8 Å².